The smallest absolute Gasteiger partial charge is 0.224 e. The summed E-state index contributed by atoms with van der Waals surface area (Å²) in [6.07, 6.45) is 4.22. The maximum Gasteiger partial charge on any atom is 0.224 e. The van der Waals surface area contributed by atoms with Crippen LogP contribution in [-0.2, 0) is 17.9 Å². The molecular formula is C10H16N4O2. The number of aromatic nitrogens is 3. The zero-order chi connectivity index (χ0) is 11.4. The molecule has 1 aromatic heterocycles. The number of likely N-dealkylation sites (tertiary alicyclic amines) is 1. The Bertz CT molecular complexity index is 357. The van der Waals surface area contributed by atoms with E-state index in [0.29, 0.717) is 18.8 Å². The Morgan fingerprint density at radius 3 is 2.88 bits per heavy atom. The van der Waals surface area contributed by atoms with Crippen LogP contribution in [0.25, 0.3) is 0 Å². The third kappa shape index (κ3) is 2.38. The van der Waals surface area contributed by atoms with Crippen LogP contribution in [0, 0.1) is 0 Å². The Hall–Kier alpha value is -1.43. The van der Waals surface area contributed by atoms with Gasteiger partial charge in [-0.15, -0.1) is 10.2 Å². The van der Waals surface area contributed by atoms with Crippen molar-refractivity contribution in [3.8, 4) is 0 Å². The van der Waals surface area contributed by atoms with Crippen LogP contribution in [0.1, 0.15) is 25.1 Å². The van der Waals surface area contributed by atoms with Crippen molar-refractivity contribution in [3.05, 3.63) is 12.2 Å². The molecule has 1 aromatic rings. The first-order valence-electron chi connectivity index (χ1n) is 5.56. The average molecular weight is 224 g/mol. The molecule has 6 heteroatoms. The summed E-state index contributed by atoms with van der Waals surface area (Å²) in [4.78, 5) is 13.6. The van der Waals surface area contributed by atoms with Crippen molar-refractivity contribution in [2.75, 3.05) is 13.1 Å². The lowest BCUT2D eigenvalue weighted by molar-refractivity contribution is -0.130. The monoisotopic (exact) mass is 224 g/mol. The molecule has 1 aliphatic rings. The molecule has 1 N–H and O–H groups in total. The fraction of sp³-hybridized carbons (Fsp3) is 0.700. The van der Waals surface area contributed by atoms with Gasteiger partial charge in [-0.25, -0.2) is 0 Å². The molecule has 1 saturated heterocycles. The number of carbonyl (C=O) groups excluding carboxylic acids is 1. The summed E-state index contributed by atoms with van der Waals surface area (Å²) in [5.74, 6) is 0.685. The molecule has 0 atom stereocenters. The van der Waals surface area contributed by atoms with E-state index in [-0.39, 0.29) is 12.5 Å². The van der Waals surface area contributed by atoms with Crippen molar-refractivity contribution in [3.63, 3.8) is 0 Å². The normalized spacial score (nSPS) is 15.7. The standard InChI is InChI=1S/C10H16N4O2/c15-7-9-12-11-8-14(9)6-3-10(16)13-4-1-2-5-13/h8,15H,1-7H2. The SMILES string of the molecule is O=C(CCn1cnnc1CO)N1CCCC1. The first-order valence-corrected chi connectivity index (χ1v) is 5.56. The lowest BCUT2D eigenvalue weighted by Crippen LogP contribution is -2.28. The number of rotatable bonds is 4. The Morgan fingerprint density at radius 1 is 1.44 bits per heavy atom. The van der Waals surface area contributed by atoms with E-state index in [1.54, 1.807) is 10.9 Å². The third-order valence-electron chi connectivity index (χ3n) is 2.86. The van der Waals surface area contributed by atoms with Gasteiger partial charge in [0.25, 0.3) is 0 Å². The number of nitrogens with zero attached hydrogens (tertiary/aromatic N) is 4. The third-order valence-corrected chi connectivity index (χ3v) is 2.86. The fourth-order valence-corrected chi connectivity index (χ4v) is 1.93. The highest BCUT2D eigenvalue weighted by atomic mass is 16.3. The Labute approximate surface area is 93.9 Å². The van der Waals surface area contributed by atoms with Crippen LogP contribution < -0.4 is 0 Å². The Kier molecular flexibility index (Phi) is 3.51. The number of amides is 1. The molecule has 0 aliphatic carbocycles. The van der Waals surface area contributed by atoms with Crippen LogP contribution in [-0.4, -0.2) is 43.8 Å². The molecule has 16 heavy (non-hydrogen) atoms. The predicted octanol–water partition coefficient (Wildman–Crippen LogP) is -0.217. The molecule has 0 aromatic carbocycles. The minimum absolute atomic E-state index is 0.141. The topological polar surface area (TPSA) is 71.2 Å². The van der Waals surface area contributed by atoms with E-state index in [0.717, 1.165) is 25.9 Å². The molecule has 0 spiro atoms. The summed E-state index contributed by atoms with van der Waals surface area (Å²) in [6, 6.07) is 0. The maximum atomic E-state index is 11.7. The van der Waals surface area contributed by atoms with E-state index in [1.807, 2.05) is 4.90 Å². The first-order chi connectivity index (χ1) is 7.81. The summed E-state index contributed by atoms with van der Waals surface area (Å²) in [5.41, 5.74) is 0. The lowest BCUT2D eigenvalue weighted by atomic mass is 10.3. The van der Waals surface area contributed by atoms with Crippen LogP contribution in [0.5, 0.6) is 0 Å². The molecule has 2 heterocycles. The molecule has 88 valence electrons. The van der Waals surface area contributed by atoms with Crippen LogP contribution in [0.4, 0.5) is 0 Å². The zero-order valence-corrected chi connectivity index (χ0v) is 9.17. The van der Waals surface area contributed by atoms with Crippen LogP contribution in [0.15, 0.2) is 6.33 Å². The van der Waals surface area contributed by atoms with Gasteiger partial charge in [0, 0.05) is 26.1 Å². The van der Waals surface area contributed by atoms with Gasteiger partial charge in [-0.05, 0) is 12.8 Å². The molecule has 6 nitrogen and oxygen atoms in total. The summed E-state index contributed by atoms with van der Waals surface area (Å²) in [6.45, 7) is 2.16. The molecule has 0 unspecified atom stereocenters. The highest BCUT2D eigenvalue weighted by molar-refractivity contribution is 5.76. The number of aliphatic hydroxyl groups excluding tert-OH is 1. The van der Waals surface area contributed by atoms with Crippen molar-refractivity contribution in [1.82, 2.24) is 19.7 Å². The maximum absolute atomic E-state index is 11.7. The second-order valence-electron chi connectivity index (χ2n) is 3.94. The number of hydrogen-bond donors (Lipinski definition) is 1. The first kappa shape index (κ1) is 11.1. The highest BCUT2D eigenvalue weighted by Crippen LogP contribution is 2.09. The van der Waals surface area contributed by atoms with Crippen LogP contribution in [0.3, 0.4) is 0 Å². The number of hydrogen-bond acceptors (Lipinski definition) is 4. The predicted molar refractivity (Wildman–Crippen MR) is 56.4 cm³/mol. The van der Waals surface area contributed by atoms with Gasteiger partial charge in [-0.3, -0.25) is 4.79 Å². The van der Waals surface area contributed by atoms with E-state index >= 15 is 0 Å². The second kappa shape index (κ2) is 5.07. The quantitative estimate of drug-likeness (QED) is 0.767. The van der Waals surface area contributed by atoms with Gasteiger partial charge in [0.2, 0.25) is 5.91 Å². The average Bonchev–Trinajstić information content (AvgIpc) is 2.96. The van der Waals surface area contributed by atoms with E-state index < -0.39 is 0 Å². The van der Waals surface area contributed by atoms with Gasteiger partial charge in [-0.2, -0.15) is 0 Å². The van der Waals surface area contributed by atoms with Gasteiger partial charge in [0.05, 0.1) is 0 Å². The molecule has 1 amide bonds. The fourth-order valence-electron chi connectivity index (χ4n) is 1.93. The van der Waals surface area contributed by atoms with Crippen LogP contribution in [0.2, 0.25) is 0 Å². The van der Waals surface area contributed by atoms with Crippen molar-refractivity contribution in [2.24, 2.45) is 0 Å². The number of carbonyl (C=O) groups is 1. The molecule has 1 aliphatic heterocycles. The highest BCUT2D eigenvalue weighted by Gasteiger charge is 2.17. The Morgan fingerprint density at radius 2 is 2.19 bits per heavy atom. The number of aryl methyl sites for hydroxylation is 1. The van der Waals surface area contributed by atoms with Gasteiger partial charge in [0.15, 0.2) is 5.82 Å². The van der Waals surface area contributed by atoms with Crippen LogP contribution >= 0.6 is 0 Å². The molecule has 0 bridgehead atoms. The number of aliphatic hydroxyl groups is 1. The van der Waals surface area contributed by atoms with E-state index in [9.17, 15) is 4.79 Å². The van der Waals surface area contributed by atoms with Gasteiger partial charge < -0.3 is 14.6 Å². The van der Waals surface area contributed by atoms with Crippen molar-refractivity contribution >= 4 is 5.91 Å². The summed E-state index contributed by atoms with van der Waals surface area (Å²) < 4.78 is 1.72. The van der Waals surface area contributed by atoms with Crippen molar-refractivity contribution in [2.45, 2.75) is 32.4 Å². The van der Waals surface area contributed by atoms with Gasteiger partial charge in [0.1, 0.15) is 12.9 Å². The van der Waals surface area contributed by atoms with E-state index in [2.05, 4.69) is 10.2 Å². The van der Waals surface area contributed by atoms with Gasteiger partial charge in [-0.1, -0.05) is 0 Å². The Balaban J connectivity index is 1.84. The molecule has 0 saturated carbocycles. The summed E-state index contributed by atoms with van der Waals surface area (Å²) in [7, 11) is 0. The molecule has 2 rings (SSSR count). The summed E-state index contributed by atoms with van der Waals surface area (Å²) >= 11 is 0. The van der Waals surface area contributed by atoms with E-state index in [4.69, 9.17) is 5.11 Å². The van der Waals surface area contributed by atoms with Crippen molar-refractivity contribution < 1.29 is 9.90 Å². The second-order valence-corrected chi connectivity index (χ2v) is 3.94. The van der Waals surface area contributed by atoms with Gasteiger partial charge >= 0.3 is 0 Å². The molecular weight excluding hydrogens is 208 g/mol. The minimum Gasteiger partial charge on any atom is -0.388 e. The largest absolute Gasteiger partial charge is 0.388 e. The minimum atomic E-state index is -0.141. The molecule has 1 fully saturated rings. The zero-order valence-electron chi connectivity index (χ0n) is 9.17. The summed E-state index contributed by atoms with van der Waals surface area (Å²) in [5, 5.41) is 16.4. The molecule has 0 radical (unpaired) electrons. The van der Waals surface area contributed by atoms with Crippen molar-refractivity contribution in [1.29, 1.82) is 0 Å². The lowest BCUT2D eigenvalue weighted by Gasteiger charge is -2.15. The van der Waals surface area contributed by atoms with E-state index in [1.165, 1.54) is 0 Å².